The molecule has 0 amide bonds. The van der Waals surface area contributed by atoms with Crippen molar-refractivity contribution in [1.29, 1.82) is 0 Å². The van der Waals surface area contributed by atoms with E-state index in [2.05, 4.69) is 5.32 Å². The lowest BCUT2D eigenvalue weighted by atomic mass is 10.1. The van der Waals surface area contributed by atoms with Crippen LogP contribution in [-0.2, 0) is 16.4 Å². The molecule has 1 aliphatic rings. The molecule has 18 heavy (non-hydrogen) atoms. The minimum absolute atomic E-state index is 0.125. The third-order valence-electron chi connectivity index (χ3n) is 3.07. The smallest absolute Gasteiger partial charge is 0.159 e. The fourth-order valence-electron chi connectivity index (χ4n) is 2.10. The maximum Gasteiger partial charge on any atom is 0.159 e. The fraction of sp³-hybridized carbons (Fsp3) is 0.500. The van der Waals surface area contributed by atoms with Gasteiger partial charge in [-0.05, 0) is 36.6 Å². The minimum Gasteiger partial charge on any atom is -0.312 e. The topological polar surface area (TPSA) is 46.2 Å². The molecular formula is C12H15F2NO2S. The quantitative estimate of drug-likeness (QED) is 0.905. The molecule has 1 saturated heterocycles. The van der Waals surface area contributed by atoms with E-state index < -0.39 is 21.5 Å². The lowest BCUT2D eigenvalue weighted by molar-refractivity contribution is 0.500. The number of sulfone groups is 1. The van der Waals surface area contributed by atoms with Crippen LogP contribution in [0.15, 0.2) is 18.2 Å². The molecule has 1 N–H and O–H groups in total. The summed E-state index contributed by atoms with van der Waals surface area (Å²) in [4.78, 5) is 0. The van der Waals surface area contributed by atoms with E-state index in [1.54, 1.807) is 0 Å². The normalized spacial score (nSPS) is 22.2. The summed E-state index contributed by atoms with van der Waals surface area (Å²) < 4.78 is 48.1. The lowest BCUT2D eigenvalue weighted by Crippen LogP contribution is -2.23. The van der Waals surface area contributed by atoms with Gasteiger partial charge < -0.3 is 5.32 Å². The van der Waals surface area contributed by atoms with Crippen molar-refractivity contribution in [2.45, 2.75) is 13.0 Å². The van der Waals surface area contributed by atoms with Crippen LogP contribution in [0, 0.1) is 17.6 Å². The van der Waals surface area contributed by atoms with Crippen molar-refractivity contribution in [3.8, 4) is 0 Å². The summed E-state index contributed by atoms with van der Waals surface area (Å²) in [7, 11) is -2.85. The van der Waals surface area contributed by atoms with E-state index in [1.807, 2.05) is 0 Å². The van der Waals surface area contributed by atoms with Crippen molar-refractivity contribution in [1.82, 2.24) is 5.32 Å². The number of rotatable bonds is 4. The average molecular weight is 275 g/mol. The van der Waals surface area contributed by atoms with E-state index in [0.717, 1.165) is 12.1 Å². The van der Waals surface area contributed by atoms with Crippen molar-refractivity contribution in [2.24, 2.45) is 5.92 Å². The van der Waals surface area contributed by atoms with Crippen molar-refractivity contribution in [3.05, 3.63) is 35.4 Å². The van der Waals surface area contributed by atoms with Crippen molar-refractivity contribution in [2.75, 3.05) is 18.1 Å². The predicted molar refractivity (Wildman–Crippen MR) is 64.8 cm³/mol. The predicted octanol–water partition coefficient (Wildman–Crippen LogP) is 1.49. The molecule has 0 bridgehead atoms. The third-order valence-corrected chi connectivity index (χ3v) is 4.91. The number of halogens is 2. The van der Waals surface area contributed by atoms with Gasteiger partial charge >= 0.3 is 0 Å². The van der Waals surface area contributed by atoms with Gasteiger partial charge in [-0.15, -0.1) is 0 Å². The van der Waals surface area contributed by atoms with Gasteiger partial charge in [0.25, 0.3) is 0 Å². The Balaban J connectivity index is 1.80. The first-order chi connectivity index (χ1) is 8.46. The number of hydrogen-bond donors (Lipinski definition) is 1. The Bertz CT molecular complexity index is 531. The molecule has 0 spiro atoms. The van der Waals surface area contributed by atoms with Crippen molar-refractivity contribution in [3.63, 3.8) is 0 Å². The van der Waals surface area contributed by atoms with Crippen molar-refractivity contribution >= 4 is 9.84 Å². The Morgan fingerprint density at radius 1 is 1.28 bits per heavy atom. The van der Waals surface area contributed by atoms with Gasteiger partial charge in [-0.1, -0.05) is 6.07 Å². The van der Waals surface area contributed by atoms with Gasteiger partial charge in [0.1, 0.15) is 0 Å². The zero-order valence-corrected chi connectivity index (χ0v) is 10.6. The monoisotopic (exact) mass is 275 g/mol. The van der Waals surface area contributed by atoms with Gasteiger partial charge in [-0.2, -0.15) is 0 Å². The Kier molecular flexibility index (Phi) is 3.97. The maximum atomic E-state index is 12.9. The molecule has 0 saturated carbocycles. The second-order valence-electron chi connectivity index (χ2n) is 4.65. The van der Waals surface area contributed by atoms with Gasteiger partial charge in [0, 0.05) is 6.54 Å². The maximum absolute atomic E-state index is 12.9. The van der Waals surface area contributed by atoms with Crippen molar-refractivity contribution < 1.29 is 17.2 Å². The fourth-order valence-corrected chi connectivity index (χ4v) is 3.97. The second kappa shape index (κ2) is 5.32. The van der Waals surface area contributed by atoms with Crippen LogP contribution in [0.2, 0.25) is 0 Å². The highest BCUT2D eigenvalue weighted by Gasteiger charge is 2.27. The summed E-state index contributed by atoms with van der Waals surface area (Å²) in [6, 6.07) is 3.75. The summed E-state index contributed by atoms with van der Waals surface area (Å²) in [5, 5.41) is 3.07. The number of benzene rings is 1. The summed E-state index contributed by atoms with van der Waals surface area (Å²) in [6.45, 7) is 0.992. The Hall–Kier alpha value is -1.01. The van der Waals surface area contributed by atoms with E-state index in [4.69, 9.17) is 0 Å². The first-order valence-electron chi connectivity index (χ1n) is 5.81. The number of nitrogens with one attached hydrogen (secondary N) is 1. The van der Waals surface area contributed by atoms with Crippen LogP contribution < -0.4 is 5.32 Å². The summed E-state index contributed by atoms with van der Waals surface area (Å²) in [5.74, 6) is -1.12. The average Bonchev–Trinajstić information content (AvgIpc) is 2.63. The van der Waals surface area contributed by atoms with E-state index in [9.17, 15) is 17.2 Å². The van der Waals surface area contributed by atoms with Crippen LogP contribution in [0.5, 0.6) is 0 Å². The molecule has 1 atom stereocenters. The van der Waals surface area contributed by atoms with Gasteiger partial charge in [0.2, 0.25) is 0 Å². The Labute approximate surface area is 105 Å². The van der Waals surface area contributed by atoms with E-state index in [1.165, 1.54) is 6.07 Å². The van der Waals surface area contributed by atoms with E-state index in [0.29, 0.717) is 25.1 Å². The number of hydrogen-bond acceptors (Lipinski definition) is 3. The molecule has 1 fully saturated rings. The first kappa shape index (κ1) is 13.4. The lowest BCUT2D eigenvalue weighted by Gasteiger charge is -2.09. The largest absolute Gasteiger partial charge is 0.312 e. The molecule has 1 aromatic carbocycles. The molecule has 1 unspecified atom stereocenters. The summed E-state index contributed by atoms with van der Waals surface area (Å²) in [6.07, 6.45) is 0.674. The Morgan fingerprint density at radius 2 is 2.06 bits per heavy atom. The molecule has 100 valence electrons. The second-order valence-corrected chi connectivity index (χ2v) is 6.88. The molecular weight excluding hydrogens is 260 g/mol. The van der Waals surface area contributed by atoms with Crippen LogP contribution in [0.3, 0.4) is 0 Å². The van der Waals surface area contributed by atoms with Crippen LogP contribution in [0.25, 0.3) is 0 Å². The van der Waals surface area contributed by atoms with Gasteiger partial charge in [0.15, 0.2) is 21.5 Å². The molecule has 1 heterocycles. The van der Waals surface area contributed by atoms with Gasteiger partial charge in [0.05, 0.1) is 11.5 Å². The van der Waals surface area contributed by atoms with Gasteiger partial charge in [-0.25, -0.2) is 17.2 Å². The molecule has 3 nitrogen and oxygen atoms in total. The molecule has 0 aromatic heterocycles. The minimum atomic E-state index is -2.85. The zero-order valence-electron chi connectivity index (χ0n) is 9.83. The molecule has 2 rings (SSSR count). The molecule has 6 heteroatoms. The first-order valence-corrected chi connectivity index (χ1v) is 7.63. The molecule has 1 aliphatic heterocycles. The van der Waals surface area contributed by atoms with Crippen LogP contribution in [-0.4, -0.2) is 26.5 Å². The molecule has 0 radical (unpaired) electrons. The highest BCUT2D eigenvalue weighted by Crippen LogP contribution is 2.17. The van der Waals surface area contributed by atoms with E-state index in [-0.39, 0.29) is 17.4 Å². The van der Waals surface area contributed by atoms with Crippen LogP contribution in [0.1, 0.15) is 12.0 Å². The summed E-state index contributed by atoms with van der Waals surface area (Å²) >= 11 is 0. The van der Waals surface area contributed by atoms with E-state index >= 15 is 0 Å². The highest BCUT2D eigenvalue weighted by molar-refractivity contribution is 7.91. The highest BCUT2D eigenvalue weighted by atomic mass is 32.2. The van der Waals surface area contributed by atoms with Crippen LogP contribution in [0.4, 0.5) is 8.78 Å². The molecule has 0 aliphatic carbocycles. The third kappa shape index (κ3) is 3.49. The van der Waals surface area contributed by atoms with Gasteiger partial charge in [-0.3, -0.25) is 0 Å². The van der Waals surface area contributed by atoms with Crippen LogP contribution >= 0.6 is 0 Å². The SMILES string of the molecule is O=S1(=O)CCC(CNCc2ccc(F)c(F)c2)C1. The molecule has 1 aromatic rings. The summed E-state index contributed by atoms with van der Waals surface area (Å²) in [5.41, 5.74) is 0.648. The zero-order chi connectivity index (χ0) is 13.2. The Morgan fingerprint density at radius 3 is 2.67 bits per heavy atom. The standard InChI is InChI=1S/C12H15F2NO2S/c13-11-2-1-9(5-12(11)14)6-15-7-10-3-4-18(16,17)8-10/h1-2,5,10,15H,3-4,6-8H2.